The minimum atomic E-state index is -0.431. The van der Waals surface area contributed by atoms with Crippen LogP contribution in [0.25, 0.3) is 0 Å². The van der Waals surface area contributed by atoms with Gasteiger partial charge in [0.1, 0.15) is 0 Å². The van der Waals surface area contributed by atoms with Gasteiger partial charge in [0.25, 0.3) is 0 Å². The zero-order valence-electron chi connectivity index (χ0n) is 9.66. The van der Waals surface area contributed by atoms with Gasteiger partial charge in [-0.15, -0.1) is 0 Å². The van der Waals surface area contributed by atoms with E-state index in [9.17, 15) is 9.59 Å². The molecule has 0 rings (SSSR count). The van der Waals surface area contributed by atoms with Gasteiger partial charge >= 0.3 is 5.97 Å². The van der Waals surface area contributed by atoms with Crippen molar-refractivity contribution in [3.8, 4) is 0 Å². The molecule has 5 nitrogen and oxygen atoms in total. The lowest BCUT2D eigenvalue weighted by atomic mass is 10.2. The molecular formula is C10H20N2O3. The van der Waals surface area contributed by atoms with E-state index in [1.54, 1.807) is 11.8 Å². The predicted octanol–water partition coefficient (Wildman–Crippen LogP) is -0.00720. The van der Waals surface area contributed by atoms with Crippen molar-refractivity contribution < 1.29 is 14.3 Å². The van der Waals surface area contributed by atoms with Crippen molar-refractivity contribution in [3.63, 3.8) is 0 Å². The van der Waals surface area contributed by atoms with E-state index >= 15 is 0 Å². The third kappa shape index (κ3) is 7.93. The Kier molecular flexibility index (Phi) is 6.70. The van der Waals surface area contributed by atoms with E-state index in [-0.39, 0.29) is 19.1 Å². The van der Waals surface area contributed by atoms with Crippen LogP contribution in [0.1, 0.15) is 20.8 Å². The minimum absolute atomic E-state index is 0.0942. The lowest BCUT2D eigenvalue weighted by molar-refractivity contribution is -0.144. The first-order valence-electron chi connectivity index (χ1n) is 5.12. The quantitative estimate of drug-likeness (QED) is 0.608. The van der Waals surface area contributed by atoms with Crippen LogP contribution in [-0.2, 0) is 14.3 Å². The molecule has 2 N–H and O–H groups in total. The van der Waals surface area contributed by atoms with Gasteiger partial charge in [0.05, 0.1) is 19.7 Å². The van der Waals surface area contributed by atoms with Crippen molar-refractivity contribution >= 4 is 11.9 Å². The second-order valence-electron chi connectivity index (χ2n) is 3.83. The molecule has 0 aliphatic rings. The Morgan fingerprint density at radius 1 is 1.33 bits per heavy atom. The van der Waals surface area contributed by atoms with Gasteiger partial charge in [0.15, 0.2) is 0 Å². The number of rotatable bonds is 7. The van der Waals surface area contributed by atoms with E-state index in [0.717, 1.165) is 0 Å². The van der Waals surface area contributed by atoms with E-state index < -0.39 is 5.91 Å². The molecule has 0 atom stereocenters. The van der Waals surface area contributed by atoms with Crippen LogP contribution >= 0.6 is 0 Å². The van der Waals surface area contributed by atoms with Crippen LogP contribution < -0.4 is 5.73 Å². The van der Waals surface area contributed by atoms with E-state index in [1.165, 1.54) is 0 Å². The highest BCUT2D eigenvalue weighted by Gasteiger charge is 2.14. The summed E-state index contributed by atoms with van der Waals surface area (Å²) in [6.45, 7) is 7.00. The second kappa shape index (κ2) is 7.23. The summed E-state index contributed by atoms with van der Waals surface area (Å²) in [5.41, 5.74) is 5.09. The van der Waals surface area contributed by atoms with E-state index in [1.807, 2.05) is 13.8 Å². The molecule has 0 heterocycles. The first-order valence-corrected chi connectivity index (χ1v) is 5.12. The van der Waals surface area contributed by atoms with Crippen LogP contribution in [0, 0.1) is 5.92 Å². The maximum Gasteiger partial charge on any atom is 0.320 e. The third-order valence-corrected chi connectivity index (χ3v) is 1.66. The molecule has 0 bridgehead atoms. The number of primary amides is 1. The summed E-state index contributed by atoms with van der Waals surface area (Å²) in [6.07, 6.45) is 0. The van der Waals surface area contributed by atoms with Gasteiger partial charge in [-0.1, -0.05) is 13.8 Å². The summed E-state index contributed by atoms with van der Waals surface area (Å²) < 4.78 is 4.80. The van der Waals surface area contributed by atoms with Gasteiger partial charge in [-0.2, -0.15) is 0 Å². The average Bonchev–Trinajstić information content (AvgIpc) is 2.00. The Bertz CT molecular complexity index is 217. The smallest absolute Gasteiger partial charge is 0.320 e. The molecule has 0 saturated heterocycles. The number of hydrogen-bond acceptors (Lipinski definition) is 4. The van der Waals surface area contributed by atoms with E-state index in [0.29, 0.717) is 19.1 Å². The highest BCUT2D eigenvalue weighted by atomic mass is 16.5. The maximum absolute atomic E-state index is 11.2. The van der Waals surface area contributed by atoms with Crippen molar-refractivity contribution in [1.82, 2.24) is 4.90 Å². The molecule has 0 aromatic heterocycles. The number of nitrogens with zero attached hydrogens (tertiary/aromatic N) is 1. The maximum atomic E-state index is 11.2. The van der Waals surface area contributed by atoms with Crippen molar-refractivity contribution in [2.24, 2.45) is 11.7 Å². The predicted molar refractivity (Wildman–Crippen MR) is 57.1 cm³/mol. The van der Waals surface area contributed by atoms with Gasteiger partial charge in [-0.3, -0.25) is 14.5 Å². The molecule has 0 aromatic rings. The Hall–Kier alpha value is -1.10. The van der Waals surface area contributed by atoms with Gasteiger partial charge in [0, 0.05) is 6.54 Å². The summed E-state index contributed by atoms with van der Waals surface area (Å²) in [7, 11) is 0. The van der Waals surface area contributed by atoms with Crippen LogP contribution in [0.3, 0.4) is 0 Å². The van der Waals surface area contributed by atoms with Crippen molar-refractivity contribution in [2.75, 3.05) is 26.2 Å². The van der Waals surface area contributed by atoms with Crippen LogP contribution in [0.5, 0.6) is 0 Å². The Labute approximate surface area is 90.6 Å². The fourth-order valence-electron chi connectivity index (χ4n) is 1.31. The first kappa shape index (κ1) is 13.9. The second-order valence-corrected chi connectivity index (χ2v) is 3.83. The molecule has 15 heavy (non-hydrogen) atoms. The number of esters is 1. The standard InChI is InChI=1S/C10H20N2O3/c1-4-15-10(14)7-12(5-8(2)3)6-9(11)13/h8H,4-7H2,1-3H3,(H2,11,13). The van der Waals surface area contributed by atoms with Crippen LogP contribution in [-0.4, -0.2) is 43.0 Å². The zero-order valence-corrected chi connectivity index (χ0v) is 9.66. The Balaban J connectivity index is 4.11. The Morgan fingerprint density at radius 2 is 1.93 bits per heavy atom. The largest absolute Gasteiger partial charge is 0.465 e. The van der Waals surface area contributed by atoms with Crippen molar-refractivity contribution in [2.45, 2.75) is 20.8 Å². The number of carbonyl (C=O) groups is 2. The third-order valence-electron chi connectivity index (χ3n) is 1.66. The summed E-state index contributed by atoms with van der Waals surface area (Å²) in [4.78, 5) is 23.7. The molecule has 5 heteroatoms. The summed E-state index contributed by atoms with van der Waals surface area (Å²) >= 11 is 0. The lowest BCUT2D eigenvalue weighted by Gasteiger charge is -2.21. The van der Waals surface area contributed by atoms with Gasteiger partial charge in [0.2, 0.25) is 5.91 Å². The summed E-state index contributed by atoms with van der Waals surface area (Å²) in [5.74, 6) is -0.377. The van der Waals surface area contributed by atoms with Crippen molar-refractivity contribution in [1.29, 1.82) is 0 Å². The summed E-state index contributed by atoms with van der Waals surface area (Å²) in [5, 5.41) is 0. The molecule has 0 unspecified atom stereocenters. The fraction of sp³-hybridized carbons (Fsp3) is 0.800. The molecule has 0 radical (unpaired) electrons. The molecule has 0 fully saturated rings. The zero-order chi connectivity index (χ0) is 11.8. The topological polar surface area (TPSA) is 72.6 Å². The molecule has 0 spiro atoms. The molecule has 0 saturated carbocycles. The fourth-order valence-corrected chi connectivity index (χ4v) is 1.31. The molecule has 0 aromatic carbocycles. The number of amides is 1. The van der Waals surface area contributed by atoms with E-state index in [2.05, 4.69) is 0 Å². The summed E-state index contributed by atoms with van der Waals surface area (Å²) in [6, 6.07) is 0. The molecule has 88 valence electrons. The molecule has 0 aliphatic heterocycles. The number of ether oxygens (including phenoxy) is 1. The Morgan fingerprint density at radius 3 is 2.33 bits per heavy atom. The normalized spacial score (nSPS) is 10.7. The lowest BCUT2D eigenvalue weighted by Crippen LogP contribution is -2.40. The molecule has 1 amide bonds. The highest BCUT2D eigenvalue weighted by Crippen LogP contribution is 1.98. The number of hydrogen-bond donors (Lipinski definition) is 1. The minimum Gasteiger partial charge on any atom is -0.465 e. The van der Waals surface area contributed by atoms with Crippen molar-refractivity contribution in [3.05, 3.63) is 0 Å². The van der Waals surface area contributed by atoms with Gasteiger partial charge in [-0.25, -0.2) is 0 Å². The first-order chi connectivity index (χ1) is 6.95. The molecule has 0 aliphatic carbocycles. The van der Waals surface area contributed by atoms with Crippen LogP contribution in [0.4, 0.5) is 0 Å². The number of carbonyl (C=O) groups excluding carboxylic acids is 2. The SMILES string of the molecule is CCOC(=O)CN(CC(N)=O)CC(C)C. The highest BCUT2D eigenvalue weighted by molar-refractivity contribution is 5.77. The molecular weight excluding hydrogens is 196 g/mol. The van der Waals surface area contributed by atoms with Gasteiger partial charge < -0.3 is 10.5 Å². The van der Waals surface area contributed by atoms with E-state index in [4.69, 9.17) is 10.5 Å². The van der Waals surface area contributed by atoms with Crippen LogP contribution in [0.2, 0.25) is 0 Å². The average molecular weight is 216 g/mol. The number of nitrogens with two attached hydrogens (primary N) is 1. The van der Waals surface area contributed by atoms with Gasteiger partial charge in [-0.05, 0) is 12.8 Å². The van der Waals surface area contributed by atoms with Crippen LogP contribution in [0.15, 0.2) is 0 Å². The monoisotopic (exact) mass is 216 g/mol.